The highest BCUT2D eigenvalue weighted by Crippen LogP contribution is 2.41. The third-order valence-corrected chi connectivity index (χ3v) is 7.44. The molecule has 8 nitrogen and oxygen atoms in total. The number of aryl methyl sites for hydroxylation is 1. The van der Waals surface area contributed by atoms with Crippen molar-refractivity contribution in [1.29, 1.82) is 0 Å². The molecule has 5 rings (SSSR count). The highest BCUT2D eigenvalue weighted by atomic mass is 16.4. The van der Waals surface area contributed by atoms with Crippen LogP contribution in [-0.2, 0) is 11.2 Å². The van der Waals surface area contributed by atoms with Crippen LogP contribution in [0.5, 0.6) is 5.75 Å². The summed E-state index contributed by atoms with van der Waals surface area (Å²) in [5.41, 5.74) is 3.38. The van der Waals surface area contributed by atoms with Crippen molar-refractivity contribution in [2.24, 2.45) is 0 Å². The number of aromatic amines is 1. The number of aromatic carboxylic acids is 1. The molecule has 2 heterocycles. The van der Waals surface area contributed by atoms with Crippen LogP contribution < -0.4 is 0 Å². The van der Waals surface area contributed by atoms with E-state index in [1.165, 1.54) is 31.0 Å². The van der Waals surface area contributed by atoms with Crippen molar-refractivity contribution in [3.05, 3.63) is 76.9 Å². The topological polar surface area (TPSA) is 141 Å². The van der Waals surface area contributed by atoms with Crippen molar-refractivity contribution < 1.29 is 34.1 Å². The maximum Gasteiger partial charge on any atom is 0.372 e. The Morgan fingerprint density at radius 2 is 1.68 bits per heavy atom. The van der Waals surface area contributed by atoms with E-state index in [1.54, 1.807) is 24.3 Å². The fourth-order valence-corrected chi connectivity index (χ4v) is 5.52. The van der Waals surface area contributed by atoms with E-state index >= 15 is 0 Å². The van der Waals surface area contributed by atoms with E-state index in [4.69, 9.17) is 9.52 Å². The van der Waals surface area contributed by atoms with Gasteiger partial charge in [0.25, 0.3) is 0 Å². The minimum Gasteiger partial charge on any atom is -0.504 e. The summed E-state index contributed by atoms with van der Waals surface area (Å²) in [5, 5.41) is 30.4. The Morgan fingerprint density at radius 3 is 2.37 bits per heavy atom. The third kappa shape index (κ3) is 4.81. The van der Waals surface area contributed by atoms with Gasteiger partial charge in [-0.2, -0.15) is 0 Å². The average molecular weight is 516 g/mol. The molecule has 2 aromatic heterocycles. The number of aromatic nitrogens is 1. The van der Waals surface area contributed by atoms with Crippen molar-refractivity contribution in [2.45, 2.75) is 57.3 Å². The molecule has 0 radical (unpaired) electrons. The Balaban J connectivity index is 1.48. The molecule has 0 unspecified atom stereocenters. The number of rotatable bonds is 9. The molecule has 196 valence electrons. The van der Waals surface area contributed by atoms with Crippen molar-refractivity contribution in [2.75, 3.05) is 0 Å². The van der Waals surface area contributed by atoms with Gasteiger partial charge in [-0.1, -0.05) is 61.7 Å². The molecule has 1 aliphatic carbocycles. The maximum atomic E-state index is 13.5. The number of carbonyl (C=O) groups excluding carboxylic acids is 1. The standard InChI is InChI=1S/C30H29NO7/c32-23(33)11-5-9-20-8-4-10-21-22(16-31-25(20)21)26(34)29-27(35)24(28(38-29)30(36)37)19-14-12-18(13-15-19)17-6-2-1-3-7-17/h4,8,10,12-17,31,35H,1-3,5-7,9,11H2,(H,32,33)(H,36,37). The van der Waals surface area contributed by atoms with Crippen molar-refractivity contribution in [3.63, 3.8) is 0 Å². The van der Waals surface area contributed by atoms with E-state index in [-0.39, 0.29) is 17.5 Å². The monoisotopic (exact) mass is 515 g/mol. The Hall–Kier alpha value is -4.33. The van der Waals surface area contributed by atoms with Crippen LogP contribution in [-0.4, -0.2) is 38.0 Å². The zero-order valence-electron chi connectivity index (χ0n) is 20.8. The molecular weight excluding hydrogens is 486 g/mol. The van der Waals surface area contributed by atoms with Crippen LogP contribution in [0.1, 0.15) is 88.7 Å². The lowest BCUT2D eigenvalue weighted by atomic mass is 9.83. The Kier molecular flexibility index (Phi) is 7.05. The first kappa shape index (κ1) is 25.3. The summed E-state index contributed by atoms with van der Waals surface area (Å²) < 4.78 is 5.49. The van der Waals surface area contributed by atoms with Crippen LogP contribution in [0.4, 0.5) is 0 Å². The first-order valence-electron chi connectivity index (χ1n) is 12.9. The second-order valence-corrected chi connectivity index (χ2v) is 9.86. The number of carboxylic acids is 2. The summed E-state index contributed by atoms with van der Waals surface area (Å²) in [6.07, 6.45) is 8.37. The number of benzene rings is 2. The minimum absolute atomic E-state index is 0.0229. The van der Waals surface area contributed by atoms with Gasteiger partial charge in [-0.15, -0.1) is 0 Å². The second kappa shape index (κ2) is 10.6. The van der Waals surface area contributed by atoms with E-state index in [9.17, 15) is 24.6 Å². The maximum absolute atomic E-state index is 13.5. The number of hydrogen-bond donors (Lipinski definition) is 4. The second-order valence-electron chi connectivity index (χ2n) is 9.86. The summed E-state index contributed by atoms with van der Waals surface area (Å²) in [6.45, 7) is 0. The zero-order valence-corrected chi connectivity index (χ0v) is 20.8. The van der Waals surface area contributed by atoms with Gasteiger partial charge in [-0.3, -0.25) is 9.59 Å². The number of carboxylic acid groups (broad SMARTS) is 2. The zero-order chi connectivity index (χ0) is 26.8. The average Bonchev–Trinajstić information content (AvgIpc) is 3.51. The number of hydrogen-bond acceptors (Lipinski definition) is 5. The normalized spacial score (nSPS) is 14.1. The van der Waals surface area contributed by atoms with E-state index in [0.29, 0.717) is 35.2 Å². The van der Waals surface area contributed by atoms with Gasteiger partial charge in [0, 0.05) is 23.5 Å². The summed E-state index contributed by atoms with van der Waals surface area (Å²) in [4.78, 5) is 39.5. The van der Waals surface area contributed by atoms with E-state index in [2.05, 4.69) is 4.98 Å². The highest BCUT2D eigenvalue weighted by Gasteiger charge is 2.31. The van der Waals surface area contributed by atoms with Gasteiger partial charge in [0.15, 0.2) is 5.75 Å². The molecule has 4 aromatic rings. The smallest absolute Gasteiger partial charge is 0.372 e. The lowest BCUT2D eigenvalue weighted by Gasteiger charge is -2.22. The molecule has 1 saturated carbocycles. The fourth-order valence-electron chi connectivity index (χ4n) is 5.52. The number of fused-ring (bicyclic) bond motifs is 1. The largest absolute Gasteiger partial charge is 0.504 e. The van der Waals surface area contributed by atoms with Crippen molar-refractivity contribution in [3.8, 4) is 16.9 Å². The first-order valence-corrected chi connectivity index (χ1v) is 12.9. The molecule has 4 N–H and O–H groups in total. The van der Waals surface area contributed by atoms with Gasteiger partial charge in [0.1, 0.15) is 0 Å². The molecule has 2 aromatic carbocycles. The lowest BCUT2D eigenvalue weighted by Crippen LogP contribution is -2.04. The van der Waals surface area contributed by atoms with Crippen LogP contribution in [0.2, 0.25) is 0 Å². The number of carbonyl (C=O) groups is 3. The third-order valence-electron chi connectivity index (χ3n) is 7.44. The number of aliphatic carboxylic acids is 1. The van der Waals surface area contributed by atoms with Gasteiger partial charge < -0.3 is 24.7 Å². The fraction of sp³-hybridized carbons (Fsp3) is 0.300. The number of ketones is 1. The summed E-state index contributed by atoms with van der Waals surface area (Å²) >= 11 is 0. The van der Waals surface area contributed by atoms with Gasteiger partial charge in [0.2, 0.25) is 17.3 Å². The molecule has 0 spiro atoms. The van der Waals surface area contributed by atoms with Gasteiger partial charge in [-0.25, -0.2) is 4.79 Å². The first-order chi connectivity index (χ1) is 18.3. The van der Waals surface area contributed by atoms with Crippen molar-refractivity contribution in [1.82, 2.24) is 4.98 Å². The van der Waals surface area contributed by atoms with Gasteiger partial charge in [-0.05, 0) is 48.3 Å². The van der Waals surface area contributed by atoms with Crippen molar-refractivity contribution >= 4 is 28.6 Å². The van der Waals surface area contributed by atoms with E-state index in [0.717, 1.165) is 18.4 Å². The molecular formula is C30H29NO7. The molecule has 38 heavy (non-hydrogen) atoms. The molecule has 0 saturated heterocycles. The number of furan rings is 1. The minimum atomic E-state index is -1.38. The molecule has 0 atom stereocenters. The lowest BCUT2D eigenvalue weighted by molar-refractivity contribution is -0.137. The van der Waals surface area contributed by atoms with Crippen LogP contribution in [0.15, 0.2) is 53.1 Å². The number of H-pyrrole nitrogens is 1. The van der Waals surface area contributed by atoms with Gasteiger partial charge in [0.05, 0.1) is 11.1 Å². The summed E-state index contributed by atoms with van der Waals surface area (Å²) in [7, 11) is 0. The number of aromatic hydroxyl groups is 1. The van der Waals surface area contributed by atoms with Crippen LogP contribution in [0.3, 0.4) is 0 Å². The Morgan fingerprint density at radius 1 is 0.947 bits per heavy atom. The van der Waals surface area contributed by atoms with Crippen LogP contribution in [0, 0.1) is 0 Å². The number of nitrogens with one attached hydrogen (secondary N) is 1. The quantitative estimate of drug-likeness (QED) is 0.186. The molecule has 8 heteroatoms. The Labute approximate surface area is 218 Å². The molecule has 0 amide bonds. The molecule has 1 fully saturated rings. The number of para-hydroxylation sites is 1. The predicted molar refractivity (Wildman–Crippen MR) is 141 cm³/mol. The molecule has 0 bridgehead atoms. The highest BCUT2D eigenvalue weighted by molar-refractivity contribution is 6.18. The Bertz CT molecular complexity index is 1500. The predicted octanol–water partition coefficient (Wildman–Crippen LogP) is 6.52. The van der Waals surface area contributed by atoms with E-state index < -0.39 is 35.0 Å². The SMILES string of the molecule is O=C(O)CCCc1cccc2c(C(=O)c3oc(C(=O)O)c(-c4ccc(C5CCCCC5)cc4)c3O)c[nH]c12. The molecule has 0 aliphatic heterocycles. The molecule has 1 aliphatic rings. The van der Waals surface area contributed by atoms with Crippen LogP contribution >= 0.6 is 0 Å². The summed E-state index contributed by atoms with van der Waals surface area (Å²) in [5.74, 6) is -3.88. The van der Waals surface area contributed by atoms with Crippen LogP contribution in [0.25, 0.3) is 22.0 Å². The van der Waals surface area contributed by atoms with E-state index in [1.807, 2.05) is 18.2 Å². The van der Waals surface area contributed by atoms with Gasteiger partial charge >= 0.3 is 11.9 Å². The summed E-state index contributed by atoms with van der Waals surface area (Å²) in [6, 6.07) is 12.8.